The van der Waals surface area contributed by atoms with Gasteiger partial charge in [0, 0.05) is 44.3 Å². The lowest BCUT2D eigenvalue weighted by atomic mass is 10.1. The Bertz CT molecular complexity index is 757. The number of hydrogen-bond donors (Lipinski definition) is 1. The van der Waals surface area contributed by atoms with E-state index in [4.69, 9.17) is 5.73 Å². The van der Waals surface area contributed by atoms with Crippen LogP contribution in [-0.4, -0.2) is 60.0 Å². The van der Waals surface area contributed by atoms with Crippen molar-refractivity contribution in [2.24, 2.45) is 10.7 Å². The summed E-state index contributed by atoms with van der Waals surface area (Å²) < 4.78 is 0. The van der Waals surface area contributed by atoms with E-state index < -0.39 is 0 Å². The Morgan fingerprint density at radius 2 is 1.62 bits per heavy atom. The topological polar surface area (TPSA) is 61.0 Å². The minimum absolute atomic E-state index is 0.641. The zero-order valence-corrected chi connectivity index (χ0v) is 18.0. The van der Waals surface area contributed by atoms with Gasteiger partial charge in [-0.25, -0.2) is 9.98 Å². The molecule has 0 unspecified atom stereocenters. The number of piperazine rings is 1. The van der Waals surface area contributed by atoms with Crippen LogP contribution in [0.3, 0.4) is 0 Å². The number of anilines is 1. The highest BCUT2D eigenvalue weighted by Crippen LogP contribution is 2.19. The van der Waals surface area contributed by atoms with Crippen molar-refractivity contribution < 1.29 is 0 Å². The maximum atomic E-state index is 6.27. The SMILES string of the molecule is NC(=NCc1ccc(CN2CCCCCC2)cc1)N1CCN(c2nccs2)CC1. The van der Waals surface area contributed by atoms with Crippen molar-refractivity contribution in [2.75, 3.05) is 44.2 Å². The van der Waals surface area contributed by atoms with Gasteiger partial charge in [0.2, 0.25) is 0 Å². The van der Waals surface area contributed by atoms with Gasteiger partial charge in [-0.15, -0.1) is 11.3 Å². The highest BCUT2D eigenvalue weighted by Gasteiger charge is 2.19. The molecule has 2 saturated heterocycles. The molecular formula is C22H32N6S. The smallest absolute Gasteiger partial charge is 0.191 e. The zero-order chi connectivity index (χ0) is 19.9. The van der Waals surface area contributed by atoms with Gasteiger partial charge < -0.3 is 15.5 Å². The van der Waals surface area contributed by atoms with Gasteiger partial charge in [0.15, 0.2) is 11.1 Å². The minimum atomic E-state index is 0.641. The Morgan fingerprint density at radius 1 is 0.931 bits per heavy atom. The number of benzene rings is 1. The van der Waals surface area contributed by atoms with Crippen molar-refractivity contribution in [1.29, 1.82) is 0 Å². The maximum absolute atomic E-state index is 6.27. The van der Waals surface area contributed by atoms with Crippen LogP contribution in [0.1, 0.15) is 36.8 Å². The lowest BCUT2D eigenvalue weighted by molar-refractivity contribution is 0.277. The fraction of sp³-hybridized carbons (Fsp3) is 0.545. The molecule has 1 aromatic carbocycles. The minimum Gasteiger partial charge on any atom is -0.370 e. The third-order valence-electron chi connectivity index (χ3n) is 5.84. The molecule has 7 heteroatoms. The van der Waals surface area contributed by atoms with E-state index in [0.717, 1.165) is 37.9 Å². The molecule has 29 heavy (non-hydrogen) atoms. The monoisotopic (exact) mass is 412 g/mol. The number of aliphatic imine (C=N–C) groups is 1. The number of aromatic nitrogens is 1. The summed E-state index contributed by atoms with van der Waals surface area (Å²) in [4.78, 5) is 16.1. The highest BCUT2D eigenvalue weighted by molar-refractivity contribution is 7.13. The van der Waals surface area contributed by atoms with Crippen molar-refractivity contribution in [1.82, 2.24) is 14.8 Å². The van der Waals surface area contributed by atoms with E-state index in [-0.39, 0.29) is 0 Å². The van der Waals surface area contributed by atoms with E-state index in [1.54, 1.807) is 11.3 Å². The first-order valence-corrected chi connectivity index (χ1v) is 11.7. The van der Waals surface area contributed by atoms with Crippen LogP contribution >= 0.6 is 11.3 Å². The Kier molecular flexibility index (Phi) is 7.00. The number of guanidine groups is 1. The third-order valence-corrected chi connectivity index (χ3v) is 6.68. The van der Waals surface area contributed by atoms with Gasteiger partial charge in [-0.3, -0.25) is 4.90 Å². The Labute approximate surface area is 178 Å². The lowest BCUT2D eigenvalue weighted by Gasteiger charge is -2.35. The lowest BCUT2D eigenvalue weighted by Crippen LogP contribution is -2.51. The van der Waals surface area contributed by atoms with E-state index in [1.165, 1.54) is 49.9 Å². The fourth-order valence-electron chi connectivity index (χ4n) is 4.07. The van der Waals surface area contributed by atoms with E-state index in [1.807, 2.05) is 11.6 Å². The predicted molar refractivity (Wildman–Crippen MR) is 121 cm³/mol. The Morgan fingerprint density at radius 3 is 2.28 bits per heavy atom. The third kappa shape index (κ3) is 5.70. The molecule has 156 valence electrons. The second kappa shape index (κ2) is 10.1. The van der Waals surface area contributed by atoms with Crippen molar-refractivity contribution in [3.8, 4) is 0 Å². The first kappa shape index (κ1) is 20.2. The normalized spacial score (nSPS) is 19.4. The Balaban J connectivity index is 1.25. The fourth-order valence-corrected chi connectivity index (χ4v) is 4.77. The second-order valence-corrected chi connectivity index (χ2v) is 8.84. The molecule has 0 spiro atoms. The first-order valence-electron chi connectivity index (χ1n) is 10.8. The number of thiazole rings is 1. The van der Waals surface area contributed by atoms with Gasteiger partial charge in [0.05, 0.1) is 6.54 Å². The van der Waals surface area contributed by atoms with Crippen LogP contribution in [0, 0.1) is 0 Å². The number of nitrogens with zero attached hydrogens (tertiary/aromatic N) is 5. The van der Waals surface area contributed by atoms with Crippen molar-refractivity contribution in [2.45, 2.75) is 38.8 Å². The van der Waals surface area contributed by atoms with Crippen LogP contribution in [0.4, 0.5) is 5.13 Å². The average Bonchev–Trinajstić information content (AvgIpc) is 3.18. The van der Waals surface area contributed by atoms with E-state index >= 15 is 0 Å². The van der Waals surface area contributed by atoms with Gasteiger partial charge >= 0.3 is 0 Å². The molecule has 6 nitrogen and oxygen atoms in total. The van der Waals surface area contributed by atoms with Crippen LogP contribution in [0.2, 0.25) is 0 Å². The summed E-state index contributed by atoms with van der Waals surface area (Å²) in [6, 6.07) is 8.89. The highest BCUT2D eigenvalue weighted by atomic mass is 32.1. The molecule has 2 aliphatic rings. The summed E-state index contributed by atoms with van der Waals surface area (Å²) in [7, 11) is 0. The predicted octanol–water partition coefficient (Wildman–Crippen LogP) is 3.16. The number of hydrogen-bond acceptors (Lipinski definition) is 5. The van der Waals surface area contributed by atoms with Crippen LogP contribution in [0.15, 0.2) is 40.8 Å². The summed E-state index contributed by atoms with van der Waals surface area (Å²) in [6.45, 7) is 7.84. The summed E-state index contributed by atoms with van der Waals surface area (Å²) in [5, 5.41) is 3.12. The molecule has 4 rings (SSSR count). The molecule has 0 saturated carbocycles. The van der Waals surface area contributed by atoms with Crippen LogP contribution < -0.4 is 10.6 Å². The first-order chi connectivity index (χ1) is 14.3. The summed E-state index contributed by atoms with van der Waals surface area (Å²) >= 11 is 1.69. The molecule has 1 aromatic heterocycles. The summed E-state index contributed by atoms with van der Waals surface area (Å²) in [5.41, 5.74) is 8.88. The van der Waals surface area contributed by atoms with Crippen LogP contribution in [0.25, 0.3) is 0 Å². The average molecular weight is 413 g/mol. The van der Waals surface area contributed by atoms with Gasteiger partial charge in [-0.1, -0.05) is 37.1 Å². The number of nitrogens with two attached hydrogens (primary N) is 1. The second-order valence-electron chi connectivity index (χ2n) is 7.97. The standard InChI is InChI=1S/C22H32N6S/c23-21(27-12-14-28(15-13-27)22-24-9-16-29-22)25-17-19-5-7-20(8-6-19)18-26-10-3-1-2-4-11-26/h5-9,16H,1-4,10-15,17-18H2,(H2,23,25). The van der Waals surface area contributed by atoms with Crippen molar-refractivity contribution >= 4 is 22.4 Å². The summed E-state index contributed by atoms with van der Waals surface area (Å²) in [6.07, 6.45) is 7.30. The number of likely N-dealkylation sites (tertiary alicyclic amines) is 1. The molecular weight excluding hydrogens is 380 g/mol. The molecule has 0 bridgehead atoms. The molecule has 3 heterocycles. The number of rotatable bonds is 5. The van der Waals surface area contributed by atoms with E-state index in [0.29, 0.717) is 12.5 Å². The van der Waals surface area contributed by atoms with Crippen LogP contribution in [0.5, 0.6) is 0 Å². The molecule has 0 atom stereocenters. The van der Waals surface area contributed by atoms with Crippen molar-refractivity contribution in [3.63, 3.8) is 0 Å². The van der Waals surface area contributed by atoms with Gasteiger partial charge in [0.25, 0.3) is 0 Å². The largest absolute Gasteiger partial charge is 0.370 e. The molecule has 0 radical (unpaired) electrons. The van der Waals surface area contributed by atoms with E-state index in [9.17, 15) is 0 Å². The maximum Gasteiger partial charge on any atom is 0.191 e. The van der Waals surface area contributed by atoms with Gasteiger partial charge in [0.1, 0.15) is 0 Å². The van der Waals surface area contributed by atoms with E-state index in [2.05, 4.69) is 48.9 Å². The van der Waals surface area contributed by atoms with Crippen LogP contribution in [-0.2, 0) is 13.1 Å². The molecule has 2 aliphatic heterocycles. The molecule has 2 N–H and O–H groups in total. The zero-order valence-electron chi connectivity index (χ0n) is 17.2. The Hall–Kier alpha value is -2.12. The van der Waals surface area contributed by atoms with Crippen molar-refractivity contribution in [3.05, 3.63) is 47.0 Å². The van der Waals surface area contributed by atoms with Gasteiger partial charge in [-0.05, 0) is 37.1 Å². The quantitative estimate of drug-likeness (QED) is 0.604. The molecule has 2 fully saturated rings. The van der Waals surface area contributed by atoms with Gasteiger partial charge in [-0.2, -0.15) is 0 Å². The molecule has 0 aliphatic carbocycles. The summed E-state index contributed by atoms with van der Waals surface area (Å²) in [5.74, 6) is 0.650. The molecule has 0 amide bonds. The molecule has 2 aromatic rings.